The highest BCUT2D eigenvalue weighted by Crippen LogP contribution is 2.29. The normalized spacial score (nSPS) is 18.3. The average molecular weight is 269 g/mol. The molecule has 1 saturated carbocycles. The molecule has 1 aromatic rings. The Kier molecular flexibility index (Phi) is 3.78. The predicted molar refractivity (Wildman–Crippen MR) is 71.7 cm³/mol. The summed E-state index contributed by atoms with van der Waals surface area (Å²) in [5.41, 5.74) is 5.90. The lowest BCUT2D eigenvalue weighted by Crippen LogP contribution is -2.52. The van der Waals surface area contributed by atoms with Crippen LogP contribution < -0.4 is 11.1 Å². The first kappa shape index (κ1) is 13.2. The number of hydrogen-bond acceptors (Lipinski definition) is 3. The van der Waals surface area contributed by atoms with Gasteiger partial charge in [-0.2, -0.15) is 0 Å². The van der Waals surface area contributed by atoms with Crippen LogP contribution in [0.3, 0.4) is 0 Å². The number of rotatable bonds is 2. The van der Waals surface area contributed by atoms with Gasteiger partial charge in [0.1, 0.15) is 5.75 Å². The monoisotopic (exact) mass is 268 g/mol. The van der Waals surface area contributed by atoms with Crippen LogP contribution in [0.4, 0.5) is 5.69 Å². The standard InChI is InChI=1S/C13H17ClN2O2/c14-10-8-9(4-5-11(10)17)16-12(18)13(15)6-2-1-3-7-13/h4-5,8,17H,1-3,6-7,15H2,(H,16,18). The molecule has 98 valence electrons. The van der Waals surface area contributed by atoms with Crippen molar-refractivity contribution >= 4 is 23.2 Å². The zero-order chi connectivity index (χ0) is 13.2. The number of nitrogens with two attached hydrogens (primary N) is 1. The van der Waals surface area contributed by atoms with E-state index in [1.54, 1.807) is 6.07 Å². The van der Waals surface area contributed by atoms with Crippen molar-refractivity contribution in [3.05, 3.63) is 23.2 Å². The van der Waals surface area contributed by atoms with Gasteiger partial charge in [-0.15, -0.1) is 0 Å². The minimum atomic E-state index is -0.775. The summed E-state index contributed by atoms with van der Waals surface area (Å²) in [6.45, 7) is 0. The van der Waals surface area contributed by atoms with Crippen molar-refractivity contribution in [2.24, 2.45) is 5.73 Å². The van der Waals surface area contributed by atoms with Crippen LogP contribution in [-0.2, 0) is 4.79 Å². The summed E-state index contributed by atoms with van der Waals surface area (Å²) in [5.74, 6) is -0.182. The minimum absolute atomic E-state index is 0.00482. The molecule has 1 aliphatic carbocycles. The summed E-state index contributed by atoms with van der Waals surface area (Å²) < 4.78 is 0. The summed E-state index contributed by atoms with van der Waals surface area (Å²) in [6.07, 6.45) is 4.53. The van der Waals surface area contributed by atoms with Gasteiger partial charge in [0.25, 0.3) is 0 Å². The fourth-order valence-electron chi connectivity index (χ4n) is 2.25. The van der Waals surface area contributed by atoms with E-state index in [1.807, 2.05) is 0 Å². The zero-order valence-electron chi connectivity index (χ0n) is 10.1. The van der Waals surface area contributed by atoms with E-state index in [0.717, 1.165) is 19.3 Å². The number of amides is 1. The Labute approximate surface area is 111 Å². The largest absolute Gasteiger partial charge is 0.506 e. The molecule has 0 unspecified atom stereocenters. The van der Waals surface area contributed by atoms with Gasteiger partial charge in [0.15, 0.2) is 0 Å². The van der Waals surface area contributed by atoms with Crippen molar-refractivity contribution in [2.45, 2.75) is 37.6 Å². The quantitative estimate of drug-likeness (QED) is 0.722. The number of nitrogens with one attached hydrogen (secondary N) is 1. The van der Waals surface area contributed by atoms with Crippen molar-refractivity contribution < 1.29 is 9.90 Å². The first-order chi connectivity index (χ1) is 8.51. The van der Waals surface area contributed by atoms with Gasteiger partial charge >= 0.3 is 0 Å². The smallest absolute Gasteiger partial charge is 0.244 e. The van der Waals surface area contributed by atoms with Crippen molar-refractivity contribution in [3.8, 4) is 5.75 Å². The summed E-state index contributed by atoms with van der Waals surface area (Å²) in [7, 11) is 0. The second-order valence-corrected chi connectivity index (χ2v) is 5.24. The van der Waals surface area contributed by atoms with Crippen LogP contribution in [0.2, 0.25) is 5.02 Å². The molecule has 2 rings (SSSR count). The second kappa shape index (κ2) is 5.16. The van der Waals surface area contributed by atoms with Crippen LogP contribution in [0.25, 0.3) is 0 Å². The SMILES string of the molecule is NC1(C(=O)Nc2ccc(O)c(Cl)c2)CCCCC1. The molecule has 0 bridgehead atoms. The average Bonchev–Trinajstić information content (AvgIpc) is 2.35. The number of carbonyl (C=O) groups excluding carboxylic acids is 1. The summed E-state index contributed by atoms with van der Waals surface area (Å²) in [6, 6.07) is 4.56. The van der Waals surface area contributed by atoms with Gasteiger partial charge in [-0.1, -0.05) is 30.9 Å². The number of anilines is 1. The molecular weight excluding hydrogens is 252 g/mol. The molecule has 4 N–H and O–H groups in total. The van der Waals surface area contributed by atoms with Crippen LogP contribution in [0, 0.1) is 0 Å². The Morgan fingerprint density at radius 2 is 2.00 bits per heavy atom. The Bertz CT molecular complexity index is 456. The fourth-order valence-corrected chi connectivity index (χ4v) is 2.43. The van der Waals surface area contributed by atoms with E-state index in [0.29, 0.717) is 18.5 Å². The highest BCUT2D eigenvalue weighted by atomic mass is 35.5. The molecule has 0 heterocycles. The second-order valence-electron chi connectivity index (χ2n) is 4.84. The molecule has 0 radical (unpaired) electrons. The first-order valence-electron chi connectivity index (χ1n) is 6.10. The molecule has 0 spiro atoms. The topological polar surface area (TPSA) is 75.4 Å². The number of phenolic OH excluding ortho intramolecular Hbond substituents is 1. The van der Waals surface area contributed by atoms with Crippen LogP contribution in [-0.4, -0.2) is 16.6 Å². The Morgan fingerprint density at radius 3 is 2.61 bits per heavy atom. The van der Waals surface area contributed by atoms with Gasteiger partial charge in [-0.3, -0.25) is 4.79 Å². The molecular formula is C13H17ClN2O2. The van der Waals surface area contributed by atoms with E-state index in [1.165, 1.54) is 12.1 Å². The van der Waals surface area contributed by atoms with E-state index in [2.05, 4.69) is 5.32 Å². The Balaban J connectivity index is 2.08. The first-order valence-corrected chi connectivity index (χ1v) is 6.48. The van der Waals surface area contributed by atoms with Crippen LogP contribution in [0.1, 0.15) is 32.1 Å². The summed E-state index contributed by atoms with van der Waals surface area (Å²) in [5, 5.41) is 12.3. The van der Waals surface area contributed by atoms with E-state index < -0.39 is 5.54 Å². The predicted octanol–water partition coefficient (Wildman–Crippen LogP) is 2.65. The molecule has 0 atom stereocenters. The fraction of sp³-hybridized carbons (Fsp3) is 0.462. The molecule has 4 nitrogen and oxygen atoms in total. The lowest BCUT2D eigenvalue weighted by atomic mass is 9.82. The highest BCUT2D eigenvalue weighted by molar-refractivity contribution is 6.32. The Morgan fingerprint density at radius 1 is 1.33 bits per heavy atom. The van der Waals surface area contributed by atoms with Crippen LogP contribution in [0.5, 0.6) is 5.75 Å². The third-order valence-corrected chi connectivity index (χ3v) is 3.71. The van der Waals surface area contributed by atoms with Crippen LogP contribution in [0.15, 0.2) is 18.2 Å². The lowest BCUT2D eigenvalue weighted by Gasteiger charge is -2.31. The van der Waals surface area contributed by atoms with Crippen molar-refractivity contribution in [1.82, 2.24) is 0 Å². The molecule has 5 heteroatoms. The minimum Gasteiger partial charge on any atom is -0.506 e. The van der Waals surface area contributed by atoms with Gasteiger partial charge < -0.3 is 16.2 Å². The van der Waals surface area contributed by atoms with E-state index in [4.69, 9.17) is 17.3 Å². The molecule has 0 saturated heterocycles. The van der Waals surface area contributed by atoms with Gasteiger partial charge in [0.05, 0.1) is 10.6 Å². The van der Waals surface area contributed by atoms with Crippen molar-refractivity contribution in [1.29, 1.82) is 0 Å². The summed E-state index contributed by atoms with van der Waals surface area (Å²) in [4.78, 5) is 12.1. The maximum atomic E-state index is 12.1. The van der Waals surface area contributed by atoms with E-state index in [-0.39, 0.29) is 16.7 Å². The van der Waals surface area contributed by atoms with Crippen molar-refractivity contribution in [2.75, 3.05) is 5.32 Å². The maximum absolute atomic E-state index is 12.1. The van der Waals surface area contributed by atoms with Gasteiger partial charge in [-0.05, 0) is 31.0 Å². The number of aromatic hydroxyl groups is 1. The molecule has 1 aliphatic rings. The lowest BCUT2D eigenvalue weighted by molar-refractivity contribution is -0.122. The number of benzene rings is 1. The Hall–Kier alpha value is -1.26. The molecule has 0 aromatic heterocycles. The maximum Gasteiger partial charge on any atom is 0.244 e. The zero-order valence-corrected chi connectivity index (χ0v) is 10.8. The van der Waals surface area contributed by atoms with Crippen LogP contribution >= 0.6 is 11.6 Å². The summed E-state index contributed by atoms with van der Waals surface area (Å²) >= 11 is 5.79. The van der Waals surface area contributed by atoms with E-state index >= 15 is 0 Å². The third-order valence-electron chi connectivity index (χ3n) is 3.40. The molecule has 1 amide bonds. The van der Waals surface area contributed by atoms with Gasteiger partial charge in [-0.25, -0.2) is 0 Å². The molecule has 1 fully saturated rings. The number of hydrogen-bond donors (Lipinski definition) is 3. The van der Waals surface area contributed by atoms with Gasteiger partial charge in [0, 0.05) is 5.69 Å². The molecule has 18 heavy (non-hydrogen) atoms. The molecule has 0 aliphatic heterocycles. The van der Waals surface area contributed by atoms with Crippen molar-refractivity contribution in [3.63, 3.8) is 0 Å². The third kappa shape index (κ3) is 2.76. The van der Waals surface area contributed by atoms with Gasteiger partial charge in [0.2, 0.25) is 5.91 Å². The highest BCUT2D eigenvalue weighted by Gasteiger charge is 2.35. The van der Waals surface area contributed by atoms with E-state index in [9.17, 15) is 9.90 Å². The number of phenols is 1. The number of halogens is 1. The molecule has 1 aromatic carbocycles. The number of carbonyl (C=O) groups is 1.